The molecule has 1 amide bonds. The molecule has 0 atom stereocenters. The van der Waals surface area contributed by atoms with E-state index in [1.807, 2.05) is 24.3 Å². The minimum Gasteiger partial charge on any atom is -0.478 e. The Morgan fingerprint density at radius 3 is 2.32 bits per heavy atom. The Morgan fingerprint density at radius 1 is 1.16 bits per heavy atom. The maximum Gasteiger partial charge on any atom is 0.332 e. The average molecular weight is 324 g/mol. The molecule has 5 heteroatoms. The molecule has 1 N–H and O–H groups in total. The van der Waals surface area contributed by atoms with Crippen molar-refractivity contribution < 1.29 is 14.7 Å². The van der Waals surface area contributed by atoms with E-state index in [4.69, 9.17) is 5.11 Å². The minimum absolute atomic E-state index is 0.225. The monoisotopic (exact) mass is 323 g/mol. The van der Waals surface area contributed by atoms with Gasteiger partial charge < -0.3 is 10.0 Å². The van der Waals surface area contributed by atoms with Gasteiger partial charge in [0.05, 0.1) is 0 Å². The number of likely N-dealkylation sites (N-methyl/N-ethyl adjacent to an activating group) is 1. The second-order valence-corrected chi connectivity index (χ2v) is 5.37. The number of halogens is 1. The lowest BCUT2D eigenvalue weighted by Crippen LogP contribution is -2.28. The van der Waals surface area contributed by atoms with Crippen LogP contribution in [0.3, 0.4) is 0 Å². The highest BCUT2D eigenvalue weighted by atomic mass is 79.9. The van der Waals surface area contributed by atoms with Gasteiger partial charge in [-0.2, -0.15) is 0 Å². The highest BCUT2D eigenvalue weighted by molar-refractivity contribution is 9.10. The van der Waals surface area contributed by atoms with Crippen molar-refractivity contribution >= 4 is 33.5 Å². The predicted octanol–water partition coefficient (Wildman–Crippen LogP) is 2.98. The predicted molar refractivity (Wildman–Crippen MR) is 76.1 cm³/mol. The van der Waals surface area contributed by atoms with Crippen molar-refractivity contribution in [1.29, 1.82) is 0 Å². The normalized spacial score (nSPS) is 14.6. The molecule has 0 bridgehead atoms. The number of carbonyl (C=O) groups is 2. The fourth-order valence-corrected chi connectivity index (χ4v) is 2.46. The quantitative estimate of drug-likeness (QED) is 0.930. The first-order valence-corrected chi connectivity index (χ1v) is 6.79. The number of benzene rings is 1. The third-order valence-corrected chi connectivity index (χ3v) is 3.78. The van der Waals surface area contributed by atoms with Crippen LogP contribution < -0.4 is 4.90 Å². The molecular weight excluding hydrogens is 310 g/mol. The molecule has 0 aromatic heterocycles. The van der Waals surface area contributed by atoms with Gasteiger partial charge in [0.15, 0.2) is 0 Å². The molecule has 0 radical (unpaired) electrons. The Balaban J connectivity index is 2.26. The van der Waals surface area contributed by atoms with Crippen LogP contribution in [0.15, 0.2) is 39.9 Å². The first-order chi connectivity index (χ1) is 9.00. The molecule has 100 valence electrons. The summed E-state index contributed by atoms with van der Waals surface area (Å²) in [5.41, 5.74) is 1.43. The van der Waals surface area contributed by atoms with E-state index in [9.17, 15) is 9.59 Å². The van der Waals surface area contributed by atoms with Crippen LogP contribution in [0.1, 0.15) is 19.3 Å². The maximum atomic E-state index is 12.3. The van der Waals surface area contributed by atoms with Gasteiger partial charge in [0, 0.05) is 28.4 Å². The molecule has 19 heavy (non-hydrogen) atoms. The van der Waals surface area contributed by atoms with Gasteiger partial charge in [0.1, 0.15) is 0 Å². The molecule has 0 spiro atoms. The van der Waals surface area contributed by atoms with Crippen molar-refractivity contribution in [2.24, 2.45) is 0 Å². The van der Waals surface area contributed by atoms with Crippen molar-refractivity contribution in [1.82, 2.24) is 0 Å². The van der Waals surface area contributed by atoms with Crippen molar-refractivity contribution in [3.8, 4) is 0 Å². The van der Waals surface area contributed by atoms with Crippen LogP contribution in [-0.2, 0) is 9.59 Å². The van der Waals surface area contributed by atoms with Gasteiger partial charge in [-0.3, -0.25) is 4.79 Å². The second-order valence-electron chi connectivity index (χ2n) is 4.46. The van der Waals surface area contributed by atoms with E-state index in [0.717, 1.165) is 16.6 Å². The van der Waals surface area contributed by atoms with E-state index in [2.05, 4.69) is 15.9 Å². The zero-order valence-electron chi connectivity index (χ0n) is 10.5. The van der Waals surface area contributed by atoms with E-state index in [-0.39, 0.29) is 11.5 Å². The topological polar surface area (TPSA) is 57.6 Å². The Bertz CT molecular complexity index is 548. The fourth-order valence-electron chi connectivity index (χ4n) is 2.20. The number of rotatable bonds is 3. The number of amides is 1. The van der Waals surface area contributed by atoms with Crippen molar-refractivity contribution in [3.05, 3.63) is 39.9 Å². The molecule has 0 saturated carbocycles. The van der Waals surface area contributed by atoms with Gasteiger partial charge in [-0.25, -0.2) is 4.79 Å². The average Bonchev–Trinajstić information content (AvgIpc) is 2.87. The van der Waals surface area contributed by atoms with Gasteiger partial charge in [0.25, 0.3) is 5.91 Å². The summed E-state index contributed by atoms with van der Waals surface area (Å²) in [5, 5.41) is 9.09. The molecule has 1 aliphatic carbocycles. The Labute approximate surface area is 119 Å². The largest absolute Gasteiger partial charge is 0.478 e. The van der Waals surface area contributed by atoms with E-state index >= 15 is 0 Å². The zero-order valence-corrected chi connectivity index (χ0v) is 12.1. The summed E-state index contributed by atoms with van der Waals surface area (Å²) >= 11 is 3.34. The number of aliphatic carboxylic acids is 1. The van der Waals surface area contributed by atoms with Gasteiger partial charge >= 0.3 is 5.97 Å². The summed E-state index contributed by atoms with van der Waals surface area (Å²) in [6.07, 6.45) is 1.75. The lowest BCUT2D eigenvalue weighted by molar-refractivity contribution is -0.133. The molecule has 0 fully saturated rings. The summed E-state index contributed by atoms with van der Waals surface area (Å²) in [7, 11) is 1.66. The van der Waals surface area contributed by atoms with Crippen LogP contribution in [-0.4, -0.2) is 24.0 Å². The third-order valence-electron chi connectivity index (χ3n) is 3.25. The highest BCUT2D eigenvalue weighted by Gasteiger charge is 2.27. The third kappa shape index (κ3) is 2.87. The van der Waals surface area contributed by atoms with Crippen LogP contribution in [0.2, 0.25) is 0 Å². The molecule has 1 aliphatic rings. The Hall–Kier alpha value is -1.62. The van der Waals surface area contributed by atoms with Crippen molar-refractivity contribution in [2.45, 2.75) is 19.3 Å². The number of carbonyl (C=O) groups excluding carboxylic acids is 1. The number of hydrogen-bond acceptors (Lipinski definition) is 2. The Morgan fingerprint density at radius 2 is 1.74 bits per heavy atom. The summed E-state index contributed by atoms with van der Waals surface area (Å²) in [6, 6.07) is 7.33. The summed E-state index contributed by atoms with van der Waals surface area (Å²) in [5.74, 6) is -1.21. The summed E-state index contributed by atoms with van der Waals surface area (Å²) < 4.78 is 0.934. The highest BCUT2D eigenvalue weighted by Crippen LogP contribution is 2.29. The lowest BCUT2D eigenvalue weighted by atomic mass is 10.1. The standard InChI is InChI=1S/C14H14BrNO3/c1-16(10-7-5-9(15)6-8-10)13(17)11-3-2-4-12(11)14(18)19/h5-8H,2-4H2,1H3,(H,18,19). The van der Waals surface area contributed by atoms with Gasteiger partial charge in [-0.1, -0.05) is 15.9 Å². The van der Waals surface area contributed by atoms with Crippen LogP contribution in [0.25, 0.3) is 0 Å². The number of carboxylic acids is 1. The Kier molecular flexibility index (Phi) is 4.04. The van der Waals surface area contributed by atoms with Crippen LogP contribution >= 0.6 is 15.9 Å². The summed E-state index contributed by atoms with van der Waals surface area (Å²) in [6.45, 7) is 0. The first-order valence-electron chi connectivity index (χ1n) is 5.99. The van der Waals surface area contributed by atoms with E-state index in [1.165, 1.54) is 4.90 Å². The molecular formula is C14H14BrNO3. The smallest absolute Gasteiger partial charge is 0.332 e. The van der Waals surface area contributed by atoms with Gasteiger partial charge in [-0.05, 0) is 43.5 Å². The molecule has 0 unspecified atom stereocenters. The molecule has 1 aromatic carbocycles. The van der Waals surface area contributed by atoms with Crippen molar-refractivity contribution in [3.63, 3.8) is 0 Å². The van der Waals surface area contributed by atoms with Crippen LogP contribution in [0.4, 0.5) is 5.69 Å². The van der Waals surface area contributed by atoms with E-state index < -0.39 is 5.97 Å². The molecule has 0 saturated heterocycles. The zero-order chi connectivity index (χ0) is 14.0. The molecule has 2 rings (SSSR count). The van der Waals surface area contributed by atoms with E-state index in [0.29, 0.717) is 18.4 Å². The fraction of sp³-hybridized carbons (Fsp3) is 0.286. The lowest BCUT2D eigenvalue weighted by Gasteiger charge is -2.18. The van der Waals surface area contributed by atoms with Crippen molar-refractivity contribution in [2.75, 3.05) is 11.9 Å². The number of anilines is 1. The number of nitrogens with zero attached hydrogens (tertiary/aromatic N) is 1. The molecule has 0 aliphatic heterocycles. The number of hydrogen-bond donors (Lipinski definition) is 1. The van der Waals surface area contributed by atoms with Crippen LogP contribution in [0, 0.1) is 0 Å². The van der Waals surface area contributed by atoms with Crippen LogP contribution in [0.5, 0.6) is 0 Å². The van der Waals surface area contributed by atoms with E-state index in [1.54, 1.807) is 7.05 Å². The van der Waals surface area contributed by atoms with Gasteiger partial charge in [0.2, 0.25) is 0 Å². The summed E-state index contributed by atoms with van der Waals surface area (Å²) in [4.78, 5) is 24.9. The molecule has 1 aromatic rings. The second kappa shape index (κ2) is 5.57. The first kappa shape index (κ1) is 13.8. The van der Waals surface area contributed by atoms with Gasteiger partial charge in [-0.15, -0.1) is 0 Å². The molecule has 4 nitrogen and oxygen atoms in total. The number of carboxylic acid groups (broad SMARTS) is 1. The maximum absolute atomic E-state index is 12.3. The SMILES string of the molecule is CN(C(=O)C1=C(C(=O)O)CCC1)c1ccc(Br)cc1. The minimum atomic E-state index is -0.981. The molecule has 0 heterocycles.